The Morgan fingerprint density at radius 1 is 1.47 bits per heavy atom. The molecule has 2 N–H and O–H groups in total. The predicted molar refractivity (Wildman–Crippen MR) is 77.7 cm³/mol. The van der Waals surface area contributed by atoms with Crippen LogP contribution in [0, 0.1) is 0 Å². The van der Waals surface area contributed by atoms with Crippen LogP contribution in [-0.2, 0) is 0 Å². The molecule has 0 unspecified atom stereocenters. The molecule has 0 aliphatic carbocycles. The van der Waals surface area contributed by atoms with Gasteiger partial charge in [-0.1, -0.05) is 25.3 Å². The average molecular weight is 254 g/mol. The van der Waals surface area contributed by atoms with E-state index in [9.17, 15) is 4.79 Å². The second kappa shape index (κ2) is 4.94. The molecular weight excluding hydrogens is 240 g/mol. The third-order valence-corrected chi connectivity index (χ3v) is 2.80. The van der Waals surface area contributed by atoms with E-state index in [2.05, 4.69) is 18.1 Å². The van der Waals surface area contributed by atoms with E-state index in [0.717, 1.165) is 11.1 Å². The van der Waals surface area contributed by atoms with Crippen molar-refractivity contribution < 1.29 is 4.42 Å². The van der Waals surface area contributed by atoms with Crippen molar-refractivity contribution in [2.75, 3.05) is 5.73 Å². The van der Waals surface area contributed by atoms with E-state index in [-0.39, 0.29) is 5.89 Å². The number of para-hydroxylation sites is 1. The van der Waals surface area contributed by atoms with Gasteiger partial charge in [0.2, 0.25) is 5.89 Å². The summed E-state index contributed by atoms with van der Waals surface area (Å²) in [7, 11) is 0. The van der Waals surface area contributed by atoms with E-state index in [4.69, 9.17) is 10.2 Å². The lowest BCUT2D eigenvalue weighted by Crippen LogP contribution is -2.04. The van der Waals surface area contributed by atoms with Gasteiger partial charge in [-0.15, -0.1) is 0 Å². The van der Waals surface area contributed by atoms with Crippen LogP contribution in [0.25, 0.3) is 17.0 Å². The first-order chi connectivity index (χ1) is 9.02. The van der Waals surface area contributed by atoms with Crippen molar-refractivity contribution in [3.05, 3.63) is 64.9 Å². The molecule has 0 aliphatic heterocycles. The van der Waals surface area contributed by atoms with Gasteiger partial charge >= 0.3 is 5.63 Å². The van der Waals surface area contributed by atoms with Crippen molar-refractivity contribution in [2.24, 2.45) is 0 Å². The summed E-state index contributed by atoms with van der Waals surface area (Å²) in [6.45, 7) is 9.28. The summed E-state index contributed by atoms with van der Waals surface area (Å²) in [5.41, 5.74) is 7.81. The number of aromatic nitrogens is 1. The molecule has 1 aromatic heterocycles. The molecule has 0 bridgehead atoms. The molecule has 0 amide bonds. The standard InChI is InChI=1S/C15H14N2O2/c1-4-9(2)10(3)8-13-17-14-11(15(18)19-13)6-5-7-12(14)16/h4-8H,1-2,16H2,3H3. The molecule has 0 aliphatic rings. The van der Waals surface area contributed by atoms with E-state index < -0.39 is 5.63 Å². The highest BCUT2D eigenvalue weighted by Gasteiger charge is 2.07. The van der Waals surface area contributed by atoms with Gasteiger partial charge in [0.25, 0.3) is 0 Å². The van der Waals surface area contributed by atoms with Gasteiger partial charge in [0.05, 0.1) is 11.1 Å². The molecule has 0 saturated heterocycles. The lowest BCUT2D eigenvalue weighted by atomic mass is 10.1. The summed E-state index contributed by atoms with van der Waals surface area (Å²) in [6.07, 6.45) is 3.26. The third kappa shape index (κ3) is 2.47. The zero-order chi connectivity index (χ0) is 14.0. The third-order valence-electron chi connectivity index (χ3n) is 2.80. The first-order valence-corrected chi connectivity index (χ1v) is 5.72. The Labute approximate surface area is 110 Å². The fourth-order valence-electron chi connectivity index (χ4n) is 1.63. The normalized spacial score (nSPS) is 11.5. The number of hydrogen-bond acceptors (Lipinski definition) is 4. The fourth-order valence-corrected chi connectivity index (χ4v) is 1.63. The number of benzene rings is 1. The monoisotopic (exact) mass is 254 g/mol. The van der Waals surface area contributed by atoms with E-state index in [1.54, 1.807) is 30.4 Å². The number of nitrogen functional groups attached to an aromatic ring is 1. The van der Waals surface area contributed by atoms with Crippen molar-refractivity contribution >= 4 is 22.7 Å². The summed E-state index contributed by atoms with van der Waals surface area (Å²) < 4.78 is 5.14. The van der Waals surface area contributed by atoms with E-state index in [1.165, 1.54) is 0 Å². The van der Waals surface area contributed by atoms with Gasteiger partial charge in [0.1, 0.15) is 5.52 Å². The van der Waals surface area contributed by atoms with Crippen LogP contribution >= 0.6 is 0 Å². The van der Waals surface area contributed by atoms with Gasteiger partial charge in [-0.2, -0.15) is 0 Å². The van der Waals surface area contributed by atoms with Crippen molar-refractivity contribution in [3.8, 4) is 0 Å². The molecule has 1 aromatic carbocycles. The smallest absolute Gasteiger partial charge is 0.347 e. The minimum absolute atomic E-state index is 0.205. The van der Waals surface area contributed by atoms with Gasteiger partial charge in [0, 0.05) is 6.08 Å². The lowest BCUT2D eigenvalue weighted by molar-refractivity contribution is 0.490. The Balaban J connectivity index is 2.65. The van der Waals surface area contributed by atoms with Gasteiger partial charge in [0.15, 0.2) is 0 Å². The summed E-state index contributed by atoms with van der Waals surface area (Å²) in [5.74, 6) is 0.205. The maximum atomic E-state index is 11.8. The number of anilines is 1. The van der Waals surface area contributed by atoms with Crippen LogP contribution in [0.15, 0.2) is 57.8 Å². The molecule has 2 aromatic rings. The number of rotatable bonds is 3. The van der Waals surface area contributed by atoms with Crippen LogP contribution in [0.5, 0.6) is 0 Å². The lowest BCUT2D eigenvalue weighted by Gasteiger charge is -2.02. The second-order valence-corrected chi connectivity index (χ2v) is 4.14. The average Bonchev–Trinajstić information content (AvgIpc) is 2.39. The van der Waals surface area contributed by atoms with Gasteiger partial charge < -0.3 is 10.2 Å². The summed E-state index contributed by atoms with van der Waals surface area (Å²) in [4.78, 5) is 16.1. The Morgan fingerprint density at radius 2 is 2.21 bits per heavy atom. The van der Waals surface area contributed by atoms with Crippen molar-refractivity contribution in [3.63, 3.8) is 0 Å². The van der Waals surface area contributed by atoms with Crippen LogP contribution < -0.4 is 11.4 Å². The number of hydrogen-bond donors (Lipinski definition) is 1. The molecule has 4 nitrogen and oxygen atoms in total. The quantitative estimate of drug-likeness (QED) is 0.675. The SMILES string of the molecule is C=CC(=C)C(C)=Cc1nc2c(N)cccc2c(=O)o1. The van der Waals surface area contributed by atoms with Crippen LogP contribution in [-0.4, -0.2) is 4.98 Å². The molecular formula is C15H14N2O2. The highest BCUT2D eigenvalue weighted by molar-refractivity contribution is 5.88. The first kappa shape index (κ1) is 12.8. The van der Waals surface area contributed by atoms with Crippen LogP contribution in [0.4, 0.5) is 5.69 Å². The maximum Gasteiger partial charge on any atom is 0.347 e. The van der Waals surface area contributed by atoms with Crippen molar-refractivity contribution in [1.82, 2.24) is 4.98 Å². The molecule has 19 heavy (non-hydrogen) atoms. The predicted octanol–water partition coefficient (Wildman–Crippen LogP) is 2.92. The molecule has 2 rings (SSSR count). The van der Waals surface area contributed by atoms with Gasteiger partial charge in [-0.3, -0.25) is 0 Å². The fraction of sp³-hybridized carbons (Fsp3) is 0.0667. The highest BCUT2D eigenvalue weighted by Crippen LogP contribution is 2.18. The summed E-state index contributed by atoms with van der Waals surface area (Å²) >= 11 is 0. The Morgan fingerprint density at radius 3 is 2.89 bits per heavy atom. The second-order valence-electron chi connectivity index (χ2n) is 4.14. The van der Waals surface area contributed by atoms with E-state index >= 15 is 0 Å². The largest absolute Gasteiger partial charge is 0.404 e. The number of allylic oxidation sites excluding steroid dienone is 3. The van der Waals surface area contributed by atoms with Crippen molar-refractivity contribution in [1.29, 1.82) is 0 Å². The topological polar surface area (TPSA) is 69.1 Å². The van der Waals surface area contributed by atoms with E-state index in [1.807, 2.05) is 6.92 Å². The van der Waals surface area contributed by atoms with E-state index in [0.29, 0.717) is 16.6 Å². The van der Waals surface area contributed by atoms with Crippen molar-refractivity contribution in [2.45, 2.75) is 6.92 Å². The summed E-state index contributed by atoms with van der Waals surface area (Å²) in [6, 6.07) is 5.02. The Kier molecular flexibility index (Phi) is 3.33. The molecule has 0 saturated carbocycles. The number of fused-ring (bicyclic) bond motifs is 1. The van der Waals surface area contributed by atoms with Gasteiger partial charge in [-0.25, -0.2) is 9.78 Å². The number of nitrogens with zero attached hydrogens (tertiary/aromatic N) is 1. The minimum atomic E-state index is -0.458. The molecule has 1 heterocycles. The Bertz CT molecular complexity index is 754. The molecule has 0 radical (unpaired) electrons. The highest BCUT2D eigenvalue weighted by atomic mass is 16.4. The molecule has 0 spiro atoms. The first-order valence-electron chi connectivity index (χ1n) is 5.72. The zero-order valence-electron chi connectivity index (χ0n) is 10.6. The van der Waals surface area contributed by atoms with Gasteiger partial charge in [-0.05, 0) is 30.2 Å². The molecule has 96 valence electrons. The minimum Gasteiger partial charge on any atom is -0.404 e. The van der Waals surface area contributed by atoms with Crippen LogP contribution in [0.1, 0.15) is 12.8 Å². The maximum absolute atomic E-state index is 11.8. The molecule has 0 fully saturated rings. The number of nitrogens with two attached hydrogens (primary N) is 1. The van der Waals surface area contributed by atoms with Crippen LogP contribution in [0.3, 0.4) is 0 Å². The van der Waals surface area contributed by atoms with Crippen LogP contribution in [0.2, 0.25) is 0 Å². The summed E-state index contributed by atoms with van der Waals surface area (Å²) in [5, 5.41) is 0.373. The molecule has 4 heteroatoms. The molecule has 0 atom stereocenters. The Hall–Kier alpha value is -2.62. The zero-order valence-corrected chi connectivity index (χ0v) is 10.6.